The van der Waals surface area contributed by atoms with Gasteiger partial charge in [-0.2, -0.15) is 0 Å². The van der Waals surface area contributed by atoms with Gasteiger partial charge >= 0.3 is 0 Å². The fourth-order valence-electron chi connectivity index (χ4n) is 2.34. The number of fused-ring (bicyclic) bond motifs is 1. The van der Waals surface area contributed by atoms with Gasteiger partial charge in [0.1, 0.15) is 0 Å². The molecule has 0 bridgehead atoms. The summed E-state index contributed by atoms with van der Waals surface area (Å²) in [5.41, 5.74) is 1.74. The Hall–Kier alpha value is -1.93. The number of aryl methyl sites for hydroxylation is 3. The predicted octanol–water partition coefficient (Wildman–Crippen LogP) is 4.88. The van der Waals surface area contributed by atoms with Crippen LogP contribution in [-0.2, 0) is 0 Å². The van der Waals surface area contributed by atoms with Gasteiger partial charge in [0.25, 0.3) is 0 Å². The summed E-state index contributed by atoms with van der Waals surface area (Å²) >= 11 is 6.04. The molecular formula is C17H15ClN2. The summed E-state index contributed by atoms with van der Waals surface area (Å²) in [6, 6.07) is 9.82. The second kappa shape index (κ2) is 4.88. The largest absolute Gasteiger partial charge is 0.223 e. The molecule has 20 heavy (non-hydrogen) atoms. The molecule has 1 heterocycles. The maximum absolute atomic E-state index is 7.90. The van der Waals surface area contributed by atoms with Crippen molar-refractivity contribution >= 4 is 22.5 Å². The highest BCUT2D eigenvalue weighted by molar-refractivity contribution is 6.28. The molecule has 0 fully saturated rings. The van der Waals surface area contributed by atoms with Crippen LogP contribution in [0.2, 0.25) is 5.28 Å². The highest BCUT2D eigenvalue weighted by Gasteiger charge is 2.13. The van der Waals surface area contributed by atoms with E-state index in [0.29, 0.717) is 27.7 Å². The first kappa shape index (κ1) is 7.75. The van der Waals surface area contributed by atoms with Crippen molar-refractivity contribution in [1.29, 1.82) is 0 Å². The lowest BCUT2D eigenvalue weighted by molar-refractivity contribution is 1.21. The second-order valence-electron chi connectivity index (χ2n) is 4.57. The third-order valence-corrected chi connectivity index (χ3v) is 3.32. The van der Waals surface area contributed by atoms with E-state index in [4.69, 9.17) is 19.8 Å². The van der Waals surface area contributed by atoms with Crippen molar-refractivity contribution < 1.29 is 8.22 Å². The van der Waals surface area contributed by atoms with E-state index in [1.807, 2.05) is 0 Å². The van der Waals surface area contributed by atoms with Crippen LogP contribution in [-0.4, -0.2) is 9.97 Å². The summed E-state index contributed by atoms with van der Waals surface area (Å²) in [5, 5.41) is 0.640. The van der Waals surface area contributed by atoms with Gasteiger partial charge in [0, 0.05) is 19.2 Å². The number of halogens is 1. The molecule has 0 spiro atoms. The van der Waals surface area contributed by atoms with Crippen molar-refractivity contribution in [1.82, 2.24) is 9.97 Å². The zero-order valence-corrected chi connectivity index (χ0v) is 11.5. The summed E-state index contributed by atoms with van der Waals surface area (Å²) < 4.78 is 46.5. The van der Waals surface area contributed by atoms with Crippen molar-refractivity contribution in [2.75, 3.05) is 0 Å². The maximum Gasteiger partial charge on any atom is 0.223 e. The smallest absolute Gasteiger partial charge is 0.218 e. The van der Waals surface area contributed by atoms with Crippen molar-refractivity contribution in [3.8, 4) is 11.3 Å². The van der Waals surface area contributed by atoms with Crippen LogP contribution in [0.3, 0.4) is 0 Å². The molecule has 0 unspecified atom stereocenters. The second-order valence-corrected chi connectivity index (χ2v) is 4.91. The molecule has 0 aliphatic rings. The molecule has 0 saturated heterocycles. The Bertz CT molecular complexity index is 995. The van der Waals surface area contributed by atoms with E-state index in [9.17, 15) is 0 Å². The summed E-state index contributed by atoms with van der Waals surface area (Å²) in [5.74, 6) is 0. The van der Waals surface area contributed by atoms with Crippen LogP contribution >= 0.6 is 11.6 Å². The van der Waals surface area contributed by atoms with Crippen LogP contribution in [0.25, 0.3) is 22.2 Å². The zero-order chi connectivity index (χ0) is 19.3. The zero-order valence-electron chi connectivity index (χ0n) is 16.7. The minimum Gasteiger partial charge on any atom is -0.218 e. The average molecular weight is 289 g/mol. The molecule has 3 heteroatoms. The van der Waals surface area contributed by atoms with E-state index in [-0.39, 0.29) is 16.4 Å². The molecule has 3 aromatic rings. The Balaban J connectivity index is 2.43. The quantitative estimate of drug-likeness (QED) is 0.597. The van der Waals surface area contributed by atoms with E-state index in [0.717, 1.165) is 0 Å². The molecule has 0 saturated carbocycles. The monoisotopic (exact) mass is 288 g/mol. The molecule has 0 aliphatic carbocycles. The molecule has 0 atom stereocenters. The Kier molecular flexibility index (Phi) is 1.89. The van der Waals surface area contributed by atoms with Gasteiger partial charge in [-0.25, -0.2) is 9.97 Å². The van der Waals surface area contributed by atoms with Crippen LogP contribution in [0.4, 0.5) is 0 Å². The lowest BCUT2D eigenvalue weighted by Gasteiger charge is -2.13. The lowest BCUT2D eigenvalue weighted by Crippen LogP contribution is -1.96. The number of benzene rings is 2. The molecular weight excluding hydrogens is 268 g/mol. The van der Waals surface area contributed by atoms with Gasteiger partial charge < -0.3 is 0 Å². The number of hydrogen-bond donors (Lipinski definition) is 0. The fraction of sp³-hybridized carbons (Fsp3) is 0.176. The topological polar surface area (TPSA) is 25.8 Å². The summed E-state index contributed by atoms with van der Waals surface area (Å²) in [4.78, 5) is 8.43. The summed E-state index contributed by atoms with van der Waals surface area (Å²) in [7, 11) is 0. The third-order valence-electron chi connectivity index (χ3n) is 3.15. The summed E-state index contributed by atoms with van der Waals surface area (Å²) in [6.45, 7) is -3.25. The number of para-hydroxylation sites is 1. The number of aromatic nitrogens is 2. The first-order valence-corrected chi connectivity index (χ1v) is 6.44. The molecule has 100 valence electrons. The molecule has 2 nitrogen and oxygen atoms in total. The van der Waals surface area contributed by atoms with Gasteiger partial charge in [-0.3, -0.25) is 0 Å². The van der Waals surface area contributed by atoms with Gasteiger partial charge in [-0.15, -0.1) is 0 Å². The minimum absolute atomic E-state index is 0.00510. The average Bonchev–Trinajstić information content (AvgIpc) is 2.51. The molecule has 0 N–H and O–H groups in total. The van der Waals surface area contributed by atoms with Gasteiger partial charge in [-0.05, 0) is 49.4 Å². The minimum atomic E-state index is -2.51. The van der Waals surface area contributed by atoms with Crippen molar-refractivity contribution in [3.05, 3.63) is 58.4 Å². The van der Waals surface area contributed by atoms with Crippen molar-refractivity contribution in [2.45, 2.75) is 20.6 Å². The van der Waals surface area contributed by atoms with Crippen LogP contribution in [0, 0.1) is 20.6 Å². The molecule has 2 aromatic carbocycles. The van der Waals surface area contributed by atoms with E-state index in [1.165, 1.54) is 12.1 Å². The van der Waals surface area contributed by atoms with Gasteiger partial charge in [0.05, 0.1) is 11.2 Å². The highest BCUT2D eigenvalue weighted by Crippen LogP contribution is 2.32. The van der Waals surface area contributed by atoms with E-state index < -0.39 is 13.7 Å². The normalized spacial score (nSPS) is 16.7. The lowest BCUT2D eigenvalue weighted by atomic mass is 9.95. The Morgan fingerprint density at radius 2 is 1.85 bits per heavy atom. The Labute approximate surface area is 131 Å². The van der Waals surface area contributed by atoms with Crippen molar-refractivity contribution in [2.24, 2.45) is 0 Å². The van der Waals surface area contributed by atoms with Crippen molar-refractivity contribution in [3.63, 3.8) is 0 Å². The van der Waals surface area contributed by atoms with Gasteiger partial charge in [-0.1, -0.05) is 35.9 Å². The Morgan fingerprint density at radius 1 is 1.05 bits per heavy atom. The number of rotatable bonds is 1. The van der Waals surface area contributed by atoms with Crippen LogP contribution in [0.1, 0.15) is 24.9 Å². The first-order valence-electron chi connectivity index (χ1n) is 9.07. The van der Waals surface area contributed by atoms with Crippen LogP contribution in [0.5, 0.6) is 0 Å². The molecule has 0 aliphatic heterocycles. The third kappa shape index (κ3) is 2.16. The molecule has 0 radical (unpaired) electrons. The van der Waals surface area contributed by atoms with Crippen LogP contribution in [0.15, 0.2) is 36.4 Å². The Morgan fingerprint density at radius 3 is 2.65 bits per heavy atom. The SMILES string of the molecule is [2H]C([2H])([2H])c1cc(C)c(-c2nc(Cl)nc3ccccc23)c(C([2H])([2H])[2H])c1. The predicted molar refractivity (Wildman–Crippen MR) is 84.2 cm³/mol. The number of nitrogens with zero attached hydrogens (tertiary/aromatic N) is 2. The number of hydrogen-bond acceptors (Lipinski definition) is 2. The summed E-state index contributed by atoms with van der Waals surface area (Å²) in [6.07, 6.45) is 0. The molecule has 0 amide bonds. The molecule has 1 aromatic heterocycles. The first-order chi connectivity index (χ1) is 12.0. The highest BCUT2D eigenvalue weighted by atomic mass is 35.5. The maximum atomic E-state index is 7.90. The molecule has 3 rings (SSSR count). The van der Waals surface area contributed by atoms with E-state index in [2.05, 4.69) is 9.97 Å². The van der Waals surface area contributed by atoms with Gasteiger partial charge in [0.15, 0.2) is 0 Å². The standard InChI is InChI=1S/C17H15ClN2/c1-10-8-11(2)15(12(3)9-10)16-13-6-4-5-7-14(13)19-17(18)20-16/h4-9H,1-3H3/i1D3,2D3. The van der Waals surface area contributed by atoms with E-state index in [1.54, 1.807) is 31.2 Å². The van der Waals surface area contributed by atoms with Crippen LogP contribution < -0.4 is 0 Å². The fourth-order valence-corrected chi connectivity index (χ4v) is 2.52. The van der Waals surface area contributed by atoms with Gasteiger partial charge in [0.2, 0.25) is 5.28 Å². The van der Waals surface area contributed by atoms with E-state index >= 15 is 0 Å².